The molecule has 1 aliphatic rings. The summed E-state index contributed by atoms with van der Waals surface area (Å²) >= 11 is 0. The smallest absolute Gasteiger partial charge is 0.253 e. The van der Waals surface area contributed by atoms with Gasteiger partial charge in [-0.15, -0.1) is 0 Å². The van der Waals surface area contributed by atoms with Crippen LogP contribution in [0, 0.1) is 13.8 Å². The minimum absolute atomic E-state index is 0.0472. The number of amides is 1. The lowest BCUT2D eigenvalue weighted by molar-refractivity contribution is 0.0951. The molecule has 1 saturated carbocycles. The molecule has 1 aromatic carbocycles. The van der Waals surface area contributed by atoms with E-state index in [0.717, 1.165) is 24.2 Å². The van der Waals surface area contributed by atoms with Crippen molar-refractivity contribution in [1.82, 2.24) is 10.3 Å². The molecule has 1 amide bonds. The number of pyridine rings is 1. The summed E-state index contributed by atoms with van der Waals surface area (Å²) in [5.41, 5.74) is 4.83. The van der Waals surface area contributed by atoms with Crippen molar-refractivity contribution >= 4 is 17.3 Å². The topological polar surface area (TPSA) is 54.0 Å². The molecule has 0 bridgehead atoms. The highest BCUT2D eigenvalue weighted by Crippen LogP contribution is 2.21. The van der Waals surface area contributed by atoms with Gasteiger partial charge in [-0.3, -0.25) is 9.78 Å². The van der Waals surface area contributed by atoms with Crippen LogP contribution in [0.25, 0.3) is 0 Å². The van der Waals surface area contributed by atoms with Gasteiger partial charge < -0.3 is 10.6 Å². The first-order valence-electron chi connectivity index (χ1n) is 7.21. The third-order valence-electron chi connectivity index (χ3n) is 3.42. The second-order valence-corrected chi connectivity index (χ2v) is 5.71. The molecule has 1 aromatic heterocycles. The van der Waals surface area contributed by atoms with E-state index in [1.165, 1.54) is 11.1 Å². The summed E-state index contributed by atoms with van der Waals surface area (Å²) in [6, 6.07) is 8.47. The molecule has 4 heteroatoms. The van der Waals surface area contributed by atoms with E-state index in [1.807, 2.05) is 6.07 Å². The summed E-state index contributed by atoms with van der Waals surface area (Å²) < 4.78 is 0. The number of aryl methyl sites for hydroxylation is 2. The molecule has 1 fully saturated rings. The van der Waals surface area contributed by atoms with Crippen molar-refractivity contribution in [3.8, 4) is 0 Å². The van der Waals surface area contributed by atoms with Crippen molar-refractivity contribution in [2.75, 3.05) is 5.32 Å². The highest BCUT2D eigenvalue weighted by atomic mass is 16.1. The minimum atomic E-state index is -0.0472. The average molecular weight is 281 g/mol. The van der Waals surface area contributed by atoms with Crippen LogP contribution in [0.3, 0.4) is 0 Å². The normalized spacial score (nSPS) is 13.8. The Bertz CT molecular complexity index is 657. The molecule has 0 radical (unpaired) electrons. The molecule has 2 N–H and O–H groups in total. The fraction of sp³-hybridized carbons (Fsp3) is 0.294. The minimum Gasteiger partial charge on any atom is -0.354 e. The first kappa shape index (κ1) is 13.6. The summed E-state index contributed by atoms with van der Waals surface area (Å²) in [6.45, 7) is 4.13. The fourth-order valence-corrected chi connectivity index (χ4v) is 2.34. The Hall–Kier alpha value is -2.36. The molecule has 0 atom stereocenters. The van der Waals surface area contributed by atoms with Crippen LogP contribution in [0.15, 0.2) is 36.7 Å². The van der Waals surface area contributed by atoms with Crippen LogP contribution < -0.4 is 10.6 Å². The third kappa shape index (κ3) is 3.60. The molecular formula is C17H19N3O. The van der Waals surface area contributed by atoms with E-state index < -0.39 is 0 Å². The lowest BCUT2D eigenvalue weighted by atomic mass is 10.1. The van der Waals surface area contributed by atoms with E-state index in [1.54, 1.807) is 12.4 Å². The van der Waals surface area contributed by atoms with Gasteiger partial charge in [-0.1, -0.05) is 6.07 Å². The SMILES string of the molecule is Cc1cc(C)cc(Nc2cncc(C(=O)NC3CC3)c2)c1. The van der Waals surface area contributed by atoms with E-state index in [4.69, 9.17) is 0 Å². The van der Waals surface area contributed by atoms with E-state index in [2.05, 4.69) is 47.7 Å². The fourth-order valence-electron chi connectivity index (χ4n) is 2.34. The van der Waals surface area contributed by atoms with Crippen molar-refractivity contribution < 1.29 is 4.79 Å². The van der Waals surface area contributed by atoms with Crippen LogP contribution in [0.4, 0.5) is 11.4 Å². The Labute approximate surface area is 124 Å². The number of nitrogens with one attached hydrogen (secondary N) is 2. The molecule has 0 aliphatic heterocycles. The zero-order valence-corrected chi connectivity index (χ0v) is 12.3. The molecule has 1 aliphatic carbocycles. The standard InChI is InChI=1S/C17H19N3O/c1-11-5-12(2)7-15(6-11)19-16-8-13(9-18-10-16)17(21)20-14-3-4-14/h5-10,14,19H,3-4H2,1-2H3,(H,20,21). The summed E-state index contributed by atoms with van der Waals surface area (Å²) in [5.74, 6) is -0.0472. The quantitative estimate of drug-likeness (QED) is 0.903. The highest BCUT2D eigenvalue weighted by molar-refractivity contribution is 5.95. The van der Waals surface area contributed by atoms with Gasteiger partial charge in [0.2, 0.25) is 0 Å². The van der Waals surface area contributed by atoms with Gasteiger partial charge in [-0.2, -0.15) is 0 Å². The van der Waals surface area contributed by atoms with Crippen molar-refractivity contribution in [3.05, 3.63) is 53.3 Å². The third-order valence-corrected chi connectivity index (χ3v) is 3.42. The molecule has 21 heavy (non-hydrogen) atoms. The molecule has 0 spiro atoms. The van der Waals surface area contributed by atoms with Gasteiger partial charge in [-0.25, -0.2) is 0 Å². The van der Waals surface area contributed by atoms with Crippen molar-refractivity contribution in [2.24, 2.45) is 0 Å². The first-order chi connectivity index (χ1) is 10.1. The predicted molar refractivity (Wildman–Crippen MR) is 83.9 cm³/mol. The maximum atomic E-state index is 12.0. The Morgan fingerprint density at radius 1 is 1.05 bits per heavy atom. The number of carbonyl (C=O) groups excluding carboxylic acids is 1. The van der Waals surface area contributed by atoms with Gasteiger partial charge in [0.05, 0.1) is 17.4 Å². The Kier molecular flexibility index (Phi) is 3.60. The van der Waals surface area contributed by atoms with Crippen LogP contribution >= 0.6 is 0 Å². The molecule has 1 heterocycles. The predicted octanol–water partition coefficient (Wildman–Crippen LogP) is 3.33. The van der Waals surface area contributed by atoms with Crippen LogP contribution in [0.2, 0.25) is 0 Å². The zero-order chi connectivity index (χ0) is 14.8. The second-order valence-electron chi connectivity index (χ2n) is 5.71. The van der Waals surface area contributed by atoms with Gasteiger partial charge in [0.1, 0.15) is 0 Å². The molecular weight excluding hydrogens is 262 g/mol. The number of hydrogen-bond donors (Lipinski definition) is 2. The number of hydrogen-bond acceptors (Lipinski definition) is 3. The number of carbonyl (C=O) groups is 1. The van der Waals surface area contributed by atoms with E-state index in [0.29, 0.717) is 11.6 Å². The zero-order valence-electron chi connectivity index (χ0n) is 12.3. The van der Waals surface area contributed by atoms with E-state index in [-0.39, 0.29) is 5.91 Å². The summed E-state index contributed by atoms with van der Waals surface area (Å²) in [4.78, 5) is 16.2. The summed E-state index contributed by atoms with van der Waals surface area (Å²) in [5, 5.41) is 6.28. The Balaban J connectivity index is 1.77. The number of rotatable bonds is 4. The monoisotopic (exact) mass is 281 g/mol. The highest BCUT2D eigenvalue weighted by Gasteiger charge is 2.23. The lowest BCUT2D eigenvalue weighted by Crippen LogP contribution is -2.25. The van der Waals surface area contributed by atoms with Gasteiger partial charge in [-0.05, 0) is 56.0 Å². The van der Waals surface area contributed by atoms with Gasteiger partial charge in [0.25, 0.3) is 5.91 Å². The Morgan fingerprint density at radius 2 is 1.76 bits per heavy atom. The van der Waals surface area contributed by atoms with Crippen LogP contribution in [-0.2, 0) is 0 Å². The second kappa shape index (κ2) is 5.56. The van der Waals surface area contributed by atoms with E-state index >= 15 is 0 Å². The summed E-state index contributed by atoms with van der Waals surface area (Å²) in [6.07, 6.45) is 5.50. The van der Waals surface area contributed by atoms with Crippen molar-refractivity contribution in [2.45, 2.75) is 32.7 Å². The average Bonchev–Trinajstić information content (AvgIpc) is 3.21. The van der Waals surface area contributed by atoms with Gasteiger partial charge >= 0.3 is 0 Å². The number of anilines is 2. The van der Waals surface area contributed by atoms with Crippen LogP contribution in [0.5, 0.6) is 0 Å². The largest absolute Gasteiger partial charge is 0.354 e. The molecule has 0 unspecified atom stereocenters. The van der Waals surface area contributed by atoms with Gasteiger partial charge in [0.15, 0.2) is 0 Å². The maximum Gasteiger partial charge on any atom is 0.253 e. The Morgan fingerprint density at radius 3 is 2.43 bits per heavy atom. The first-order valence-corrected chi connectivity index (χ1v) is 7.21. The number of aromatic nitrogens is 1. The molecule has 2 aromatic rings. The molecule has 108 valence electrons. The van der Waals surface area contributed by atoms with Crippen LogP contribution in [-0.4, -0.2) is 16.9 Å². The van der Waals surface area contributed by atoms with Gasteiger partial charge in [0, 0.05) is 17.9 Å². The number of benzene rings is 1. The van der Waals surface area contributed by atoms with E-state index in [9.17, 15) is 4.79 Å². The number of nitrogens with zero attached hydrogens (tertiary/aromatic N) is 1. The van der Waals surface area contributed by atoms with Crippen molar-refractivity contribution in [1.29, 1.82) is 0 Å². The maximum absolute atomic E-state index is 12.0. The molecule has 4 nitrogen and oxygen atoms in total. The summed E-state index contributed by atoms with van der Waals surface area (Å²) in [7, 11) is 0. The molecule has 0 saturated heterocycles. The lowest BCUT2D eigenvalue weighted by Gasteiger charge is -2.10. The molecule has 3 rings (SSSR count). The van der Waals surface area contributed by atoms with Crippen molar-refractivity contribution in [3.63, 3.8) is 0 Å². The van der Waals surface area contributed by atoms with Crippen LogP contribution in [0.1, 0.15) is 34.3 Å².